The van der Waals surface area contributed by atoms with Gasteiger partial charge in [-0.3, -0.25) is 14.4 Å². The molecular formula is C29H24N2O3. The largest absolute Gasteiger partial charge is 0.305 e. The van der Waals surface area contributed by atoms with Crippen molar-refractivity contribution in [2.24, 2.45) is 0 Å². The Morgan fingerprint density at radius 1 is 0.676 bits per heavy atom. The standard InChI is InChI=1S/C29H24N2O3/c1-19-5-14-25(20(2)18-19)29(21-6-10-23(11-7-21)30-17-3-4-26(30)32)22-8-12-24(13-9-22)31-27(33)15-16-28(31)34/h3-16,18,29H,17H2,1-2H3. The van der Waals surface area contributed by atoms with E-state index < -0.39 is 0 Å². The number of benzene rings is 3. The van der Waals surface area contributed by atoms with E-state index in [0.717, 1.165) is 16.8 Å². The molecule has 0 bridgehead atoms. The summed E-state index contributed by atoms with van der Waals surface area (Å²) in [5.41, 5.74) is 7.13. The van der Waals surface area contributed by atoms with Crippen LogP contribution in [0.2, 0.25) is 0 Å². The van der Waals surface area contributed by atoms with Crippen LogP contribution in [-0.2, 0) is 14.4 Å². The lowest BCUT2D eigenvalue weighted by Gasteiger charge is -2.23. The summed E-state index contributed by atoms with van der Waals surface area (Å²) in [6.45, 7) is 4.78. The molecule has 168 valence electrons. The van der Waals surface area contributed by atoms with Crippen molar-refractivity contribution in [2.45, 2.75) is 19.8 Å². The van der Waals surface area contributed by atoms with Crippen LogP contribution in [0.25, 0.3) is 0 Å². The zero-order chi connectivity index (χ0) is 23.8. The Bertz CT molecular complexity index is 1330. The van der Waals surface area contributed by atoms with Crippen molar-refractivity contribution in [1.82, 2.24) is 0 Å². The number of carbonyl (C=O) groups is 3. The Kier molecular flexibility index (Phi) is 5.46. The van der Waals surface area contributed by atoms with Gasteiger partial charge in [-0.05, 0) is 60.4 Å². The zero-order valence-electron chi connectivity index (χ0n) is 19.1. The number of rotatable bonds is 5. The fourth-order valence-electron chi connectivity index (χ4n) is 4.69. The van der Waals surface area contributed by atoms with E-state index in [1.807, 2.05) is 42.5 Å². The molecule has 0 fully saturated rings. The number of carbonyl (C=O) groups excluding carboxylic acids is 3. The monoisotopic (exact) mass is 448 g/mol. The maximum atomic E-state index is 12.1. The first-order valence-electron chi connectivity index (χ1n) is 11.2. The van der Waals surface area contributed by atoms with Crippen LogP contribution in [-0.4, -0.2) is 24.3 Å². The fraction of sp³-hybridized carbons (Fsp3) is 0.138. The number of imide groups is 1. The summed E-state index contributed by atoms with van der Waals surface area (Å²) in [5.74, 6) is -0.704. The van der Waals surface area contributed by atoms with Crippen molar-refractivity contribution in [2.75, 3.05) is 16.3 Å². The second-order valence-electron chi connectivity index (χ2n) is 8.67. The summed E-state index contributed by atoms with van der Waals surface area (Å²) in [6, 6.07) is 22.1. The van der Waals surface area contributed by atoms with Gasteiger partial charge in [0.2, 0.25) is 0 Å². The van der Waals surface area contributed by atoms with Gasteiger partial charge in [-0.15, -0.1) is 0 Å². The highest BCUT2D eigenvalue weighted by atomic mass is 16.2. The topological polar surface area (TPSA) is 57.7 Å². The molecule has 3 aromatic carbocycles. The third kappa shape index (κ3) is 3.86. The van der Waals surface area contributed by atoms with Crippen LogP contribution in [0.1, 0.15) is 33.7 Å². The number of hydrogen-bond donors (Lipinski definition) is 0. The molecule has 5 heteroatoms. The average Bonchev–Trinajstić information content (AvgIpc) is 3.41. The van der Waals surface area contributed by atoms with Gasteiger partial charge >= 0.3 is 0 Å². The molecule has 0 N–H and O–H groups in total. The van der Waals surface area contributed by atoms with Crippen LogP contribution in [0, 0.1) is 13.8 Å². The summed E-state index contributed by atoms with van der Waals surface area (Å²) in [4.78, 5) is 39.1. The minimum atomic E-state index is -0.329. The van der Waals surface area contributed by atoms with Crippen LogP contribution in [0.5, 0.6) is 0 Å². The second-order valence-corrected chi connectivity index (χ2v) is 8.67. The van der Waals surface area contributed by atoms with Gasteiger partial charge in [0, 0.05) is 36.4 Å². The van der Waals surface area contributed by atoms with Crippen LogP contribution in [0.4, 0.5) is 11.4 Å². The van der Waals surface area contributed by atoms with E-state index in [-0.39, 0.29) is 23.6 Å². The van der Waals surface area contributed by atoms with Crippen molar-refractivity contribution >= 4 is 29.1 Å². The van der Waals surface area contributed by atoms with Gasteiger partial charge in [-0.2, -0.15) is 0 Å². The first-order chi connectivity index (χ1) is 16.4. The lowest BCUT2D eigenvalue weighted by Crippen LogP contribution is -2.29. The minimum absolute atomic E-state index is 0.00485. The summed E-state index contributed by atoms with van der Waals surface area (Å²) < 4.78 is 0. The predicted molar refractivity (Wildman–Crippen MR) is 133 cm³/mol. The van der Waals surface area contributed by atoms with E-state index in [9.17, 15) is 14.4 Å². The highest BCUT2D eigenvalue weighted by Gasteiger charge is 2.26. The summed E-state index contributed by atoms with van der Waals surface area (Å²) in [5, 5.41) is 0. The number of amides is 3. The van der Waals surface area contributed by atoms with E-state index in [1.54, 1.807) is 11.0 Å². The second kappa shape index (κ2) is 8.60. The average molecular weight is 449 g/mol. The van der Waals surface area contributed by atoms with Gasteiger partial charge in [0.05, 0.1) is 5.69 Å². The highest BCUT2D eigenvalue weighted by Crippen LogP contribution is 2.36. The van der Waals surface area contributed by atoms with Gasteiger partial charge in [0.1, 0.15) is 0 Å². The molecular weight excluding hydrogens is 424 g/mol. The van der Waals surface area contributed by atoms with Gasteiger partial charge in [-0.25, -0.2) is 4.90 Å². The smallest absolute Gasteiger partial charge is 0.258 e. The summed E-state index contributed by atoms with van der Waals surface area (Å²) >= 11 is 0. The number of aryl methyl sites for hydroxylation is 2. The van der Waals surface area contributed by atoms with Gasteiger partial charge in [0.15, 0.2) is 0 Å². The Morgan fingerprint density at radius 3 is 1.79 bits per heavy atom. The van der Waals surface area contributed by atoms with Crippen LogP contribution >= 0.6 is 0 Å². The molecule has 3 aromatic rings. The Labute approximate surface area is 198 Å². The summed E-state index contributed by atoms with van der Waals surface area (Å²) in [6.07, 6.45) is 6.04. The predicted octanol–water partition coefficient (Wildman–Crippen LogP) is 4.82. The first kappa shape index (κ1) is 21.6. The van der Waals surface area contributed by atoms with Crippen molar-refractivity contribution in [1.29, 1.82) is 0 Å². The zero-order valence-corrected chi connectivity index (χ0v) is 19.1. The maximum Gasteiger partial charge on any atom is 0.258 e. The molecule has 0 saturated heterocycles. The van der Waals surface area contributed by atoms with Crippen molar-refractivity contribution in [3.05, 3.63) is 119 Å². The van der Waals surface area contributed by atoms with Crippen LogP contribution in [0.3, 0.4) is 0 Å². The molecule has 0 spiro atoms. The maximum absolute atomic E-state index is 12.1. The van der Waals surface area contributed by atoms with E-state index >= 15 is 0 Å². The van der Waals surface area contributed by atoms with Crippen LogP contribution < -0.4 is 9.80 Å². The van der Waals surface area contributed by atoms with Gasteiger partial charge < -0.3 is 4.90 Å². The van der Waals surface area contributed by atoms with Gasteiger partial charge in [0.25, 0.3) is 17.7 Å². The van der Waals surface area contributed by atoms with Crippen molar-refractivity contribution < 1.29 is 14.4 Å². The third-order valence-electron chi connectivity index (χ3n) is 6.38. The molecule has 1 atom stereocenters. The first-order valence-corrected chi connectivity index (χ1v) is 11.2. The molecule has 2 aliphatic rings. The lowest BCUT2D eigenvalue weighted by molar-refractivity contribution is -0.120. The normalized spacial score (nSPS) is 16.1. The Hall–Kier alpha value is -4.25. The Balaban J connectivity index is 1.53. The molecule has 0 aliphatic carbocycles. The van der Waals surface area contributed by atoms with E-state index in [1.165, 1.54) is 33.7 Å². The molecule has 0 saturated carbocycles. The third-order valence-corrected chi connectivity index (χ3v) is 6.38. The molecule has 3 amide bonds. The highest BCUT2D eigenvalue weighted by molar-refractivity contribution is 6.28. The van der Waals surface area contributed by atoms with Crippen molar-refractivity contribution in [3.63, 3.8) is 0 Å². The lowest BCUT2D eigenvalue weighted by atomic mass is 9.82. The minimum Gasteiger partial charge on any atom is -0.305 e. The van der Waals surface area contributed by atoms with E-state index in [0.29, 0.717) is 12.2 Å². The molecule has 1 unspecified atom stereocenters. The molecule has 5 rings (SSSR count). The summed E-state index contributed by atoms with van der Waals surface area (Å²) in [7, 11) is 0. The van der Waals surface area contributed by atoms with Gasteiger partial charge in [-0.1, -0.05) is 54.1 Å². The number of anilines is 2. The molecule has 0 radical (unpaired) electrons. The molecule has 0 aromatic heterocycles. The molecule has 2 aliphatic heterocycles. The van der Waals surface area contributed by atoms with Crippen molar-refractivity contribution in [3.8, 4) is 0 Å². The number of hydrogen-bond acceptors (Lipinski definition) is 3. The van der Waals surface area contributed by atoms with Crippen LogP contribution in [0.15, 0.2) is 91.0 Å². The van der Waals surface area contributed by atoms with E-state index in [4.69, 9.17) is 0 Å². The van der Waals surface area contributed by atoms with E-state index in [2.05, 4.69) is 44.2 Å². The number of nitrogens with zero attached hydrogens (tertiary/aromatic N) is 2. The quantitative estimate of drug-likeness (QED) is 0.416. The molecule has 34 heavy (non-hydrogen) atoms. The Morgan fingerprint density at radius 2 is 1.26 bits per heavy atom. The molecule has 5 nitrogen and oxygen atoms in total. The molecule has 2 heterocycles. The SMILES string of the molecule is Cc1ccc(C(c2ccc(N3CC=CC3=O)cc2)c2ccc(N3C(=O)C=CC3=O)cc2)c(C)c1. The fourth-order valence-corrected chi connectivity index (χ4v) is 4.69.